The predicted octanol–water partition coefficient (Wildman–Crippen LogP) is 1.94. The number of aromatic hydroxyl groups is 1. The van der Waals surface area contributed by atoms with Crippen LogP contribution in [0.15, 0.2) is 28.2 Å². The van der Waals surface area contributed by atoms with Gasteiger partial charge in [0, 0.05) is 5.39 Å². The van der Waals surface area contributed by atoms with E-state index in [4.69, 9.17) is 0 Å². The molecule has 1 heterocycles. The summed E-state index contributed by atoms with van der Waals surface area (Å²) in [5.74, 6) is -0.368. The monoisotopic (exact) mass is 204 g/mol. The first-order chi connectivity index (χ1) is 7.13. The van der Waals surface area contributed by atoms with Crippen molar-refractivity contribution in [3.05, 3.63) is 39.0 Å². The van der Waals surface area contributed by atoms with Gasteiger partial charge in [-0.25, -0.2) is 0 Å². The number of aryl methyl sites for hydroxylation is 1. The average Bonchev–Trinajstić information content (AvgIpc) is 2.20. The number of H-pyrrole nitrogens is 1. The van der Waals surface area contributed by atoms with Crippen LogP contribution in [0.25, 0.3) is 10.9 Å². The number of hydrogen-bond donors (Lipinski definition) is 2. The number of fused-ring (bicyclic) bond motifs is 1. The van der Waals surface area contributed by atoms with Crippen LogP contribution in [0.3, 0.4) is 0 Å². The highest BCUT2D eigenvalue weighted by Gasteiger charge is 2.11. The molecule has 0 saturated heterocycles. The van der Waals surface area contributed by atoms with Crippen molar-refractivity contribution in [2.75, 3.05) is 0 Å². The highest BCUT2D eigenvalue weighted by atomic mass is 16.3. The van der Waals surface area contributed by atoms with E-state index in [1.165, 1.54) is 0 Å². The molecule has 0 aliphatic carbocycles. The van der Waals surface area contributed by atoms with Crippen molar-refractivity contribution < 1.29 is 5.11 Å². The molecule has 0 radical (unpaired) electrons. The predicted molar refractivity (Wildman–Crippen MR) is 56.4 cm³/mol. The van der Waals surface area contributed by atoms with Crippen LogP contribution in [0.1, 0.15) is 5.56 Å². The minimum Gasteiger partial charge on any atom is -0.505 e. The van der Waals surface area contributed by atoms with Gasteiger partial charge in [0.1, 0.15) is 0 Å². The van der Waals surface area contributed by atoms with Gasteiger partial charge in [-0.3, -0.25) is 4.79 Å². The number of aromatic amines is 1. The van der Waals surface area contributed by atoms with E-state index in [9.17, 15) is 14.8 Å². The molecule has 0 bridgehead atoms. The number of pyridine rings is 1. The van der Waals surface area contributed by atoms with Crippen molar-refractivity contribution in [1.82, 2.24) is 4.98 Å². The van der Waals surface area contributed by atoms with Gasteiger partial charge in [0.05, 0.1) is 5.52 Å². The lowest BCUT2D eigenvalue weighted by molar-refractivity contribution is 0.482. The second kappa shape index (κ2) is 3.20. The topological polar surface area (TPSA) is 82.5 Å². The van der Waals surface area contributed by atoms with Crippen molar-refractivity contribution in [2.24, 2.45) is 5.18 Å². The van der Waals surface area contributed by atoms with Crippen LogP contribution < -0.4 is 5.56 Å². The van der Waals surface area contributed by atoms with E-state index in [1.807, 2.05) is 6.92 Å². The zero-order valence-electron chi connectivity index (χ0n) is 7.94. The van der Waals surface area contributed by atoms with Crippen molar-refractivity contribution in [2.45, 2.75) is 6.92 Å². The van der Waals surface area contributed by atoms with Crippen molar-refractivity contribution in [1.29, 1.82) is 0 Å². The summed E-state index contributed by atoms with van der Waals surface area (Å²) >= 11 is 0. The maximum Gasteiger partial charge on any atom is 0.281 e. The third-order valence-corrected chi connectivity index (χ3v) is 2.21. The standard InChI is InChI=1S/C10H8N2O3/c1-5-2-3-7-6(4-5)9(13)8(12-15)10(14)11-7/h2-4H,1H3,(H2,11,13,14). The lowest BCUT2D eigenvalue weighted by Gasteiger charge is -2.02. The lowest BCUT2D eigenvalue weighted by Crippen LogP contribution is -2.05. The third-order valence-electron chi connectivity index (χ3n) is 2.21. The molecule has 0 spiro atoms. The van der Waals surface area contributed by atoms with Gasteiger partial charge in [-0.2, -0.15) is 0 Å². The largest absolute Gasteiger partial charge is 0.505 e. The van der Waals surface area contributed by atoms with E-state index in [2.05, 4.69) is 10.2 Å². The number of rotatable bonds is 1. The summed E-state index contributed by atoms with van der Waals surface area (Å²) in [5, 5.41) is 12.6. The number of nitrogens with zero attached hydrogens (tertiary/aromatic N) is 1. The molecule has 5 nitrogen and oxygen atoms in total. The highest BCUT2D eigenvalue weighted by Crippen LogP contribution is 2.30. The molecule has 0 aliphatic rings. The molecule has 0 saturated carbocycles. The molecule has 1 aromatic carbocycles. The smallest absolute Gasteiger partial charge is 0.281 e. The zero-order chi connectivity index (χ0) is 11.0. The van der Waals surface area contributed by atoms with Gasteiger partial charge in [-0.1, -0.05) is 11.6 Å². The summed E-state index contributed by atoms with van der Waals surface area (Å²) in [7, 11) is 0. The molecule has 0 aliphatic heterocycles. The second-order valence-electron chi connectivity index (χ2n) is 3.29. The van der Waals surface area contributed by atoms with Crippen LogP contribution in [0.5, 0.6) is 5.75 Å². The molecular formula is C10H8N2O3. The second-order valence-corrected chi connectivity index (χ2v) is 3.29. The van der Waals surface area contributed by atoms with Gasteiger partial charge in [0.2, 0.25) is 5.69 Å². The van der Waals surface area contributed by atoms with Gasteiger partial charge in [0.25, 0.3) is 5.56 Å². The molecule has 2 N–H and O–H groups in total. The Labute approximate surface area is 84.3 Å². The Morgan fingerprint density at radius 3 is 2.80 bits per heavy atom. The Bertz CT molecular complexity index is 601. The first-order valence-corrected chi connectivity index (χ1v) is 4.32. The van der Waals surface area contributed by atoms with E-state index in [0.29, 0.717) is 10.9 Å². The van der Waals surface area contributed by atoms with E-state index in [-0.39, 0.29) is 5.75 Å². The summed E-state index contributed by atoms with van der Waals surface area (Å²) in [5.41, 5.74) is 0.240. The van der Waals surface area contributed by atoms with E-state index in [0.717, 1.165) is 5.56 Å². The molecule has 1 aromatic heterocycles. The number of nitroso groups, excluding NO2 is 1. The summed E-state index contributed by atoms with van der Waals surface area (Å²) < 4.78 is 0. The summed E-state index contributed by atoms with van der Waals surface area (Å²) in [4.78, 5) is 24.1. The Morgan fingerprint density at radius 2 is 2.13 bits per heavy atom. The van der Waals surface area contributed by atoms with Crippen LogP contribution in [0.4, 0.5) is 5.69 Å². The van der Waals surface area contributed by atoms with Gasteiger partial charge in [-0.15, -0.1) is 4.91 Å². The van der Waals surface area contributed by atoms with E-state index >= 15 is 0 Å². The van der Waals surface area contributed by atoms with Crippen molar-refractivity contribution in [3.63, 3.8) is 0 Å². The molecule has 0 atom stereocenters. The van der Waals surface area contributed by atoms with Gasteiger partial charge in [-0.05, 0) is 24.2 Å². The Balaban J connectivity index is 2.98. The Morgan fingerprint density at radius 1 is 1.40 bits per heavy atom. The van der Waals surface area contributed by atoms with Crippen LogP contribution in [0.2, 0.25) is 0 Å². The molecular weight excluding hydrogens is 196 g/mol. The van der Waals surface area contributed by atoms with Crippen molar-refractivity contribution in [3.8, 4) is 5.75 Å². The molecule has 0 fully saturated rings. The zero-order valence-corrected chi connectivity index (χ0v) is 7.94. The molecule has 76 valence electrons. The van der Waals surface area contributed by atoms with Crippen molar-refractivity contribution >= 4 is 16.6 Å². The van der Waals surface area contributed by atoms with Gasteiger partial charge >= 0.3 is 0 Å². The Kier molecular flexibility index (Phi) is 2.00. The van der Waals surface area contributed by atoms with Crippen LogP contribution in [0, 0.1) is 11.8 Å². The molecule has 5 heteroatoms. The fraction of sp³-hybridized carbons (Fsp3) is 0.100. The maximum absolute atomic E-state index is 11.3. The van der Waals surface area contributed by atoms with E-state index in [1.54, 1.807) is 18.2 Å². The summed E-state index contributed by atoms with van der Waals surface area (Å²) in [6.07, 6.45) is 0. The number of nitrogens with one attached hydrogen (secondary N) is 1. The number of benzene rings is 1. The maximum atomic E-state index is 11.3. The average molecular weight is 204 g/mol. The first-order valence-electron chi connectivity index (χ1n) is 4.32. The molecule has 2 rings (SSSR count). The fourth-order valence-electron chi connectivity index (χ4n) is 1.46. The van der Waals surface area contributed by atoms with E-state index < -0.39 is 11.2 Å². The third kappa shape index (κ3) is 1.38. The lowest BCUT2D eigenvalue weighted by atomic mass is 10.1. The minimum absolute atomic E-state index is 0.368. The first kappa shape index (κ1) is 9.39. The number of hydrogen-bond acceptors (Lipinski definition) is 4. The molecule has 0 unspecified atom stereocenters. The minimum atomic E-state index is -0.682. The SMILES string of the molecule is Cc1ccc2[nH]c(=O)c(N=O)c(O)c2c1. The summed E-state index contributed by atoms with van der Waals surface area (Å²) in [6.45, 7) is 1.85. The molecule has 15 heavy (non-hydrogen) atoms. The van der Waals surface area contributed by atoms with Crippen LogP contribution in [-0.4, -0.2) is 10.1 Å². The van der Waals surface area contributed by atoms with Gasteiger partial charge < -0.3 is 10.1 Å². The fourth-order valence-corrected chi connectivity index (χ4v) is 1.46. The van der Waals surface area contributed by atoms with Crippen LogP contribution in [-0.2, 0) is 0 Å². The van der Waals surface area contributed by atoms with Gasteiger partial charge in [0.15, 0.2) is 5.75 Å². The van der Waals surface area contributed by atoms with Crippen LogP contribution >= 0.6 is 0 Å². The quantitative estimate of drug-likeness (QED) is 0.696. The summed E-state index contributed by atoms with van der Waals surface area (Å²) in [6, 6.07) is 5.14. The Hall–Kier alpha value is -2.17. The highest BCUT2D eigenvalue weighted by molar-refractivity contribution is 5.89. The molecule has 0 amide bonds. The number of aromatic nitrogens is 1. The normalized spacial score (nSPS) is 10.5. The molecule has 2 aromatic rings.